The zero-order chi connectivity index (χ0) is 20.8. The van der Waals surface area contributed by atoms with Crippen molar-refractivity contribution in [2.75, 3.05) is 13.7 Å². The lowest BCUT2D eigenvalue weighted by atomic mass is 10.3. The average molecular weight is 478 g/mol. The second kappa shape index (κ2) is 9.58. The van der Waals surface area contributed by atoms with Crippen LogP contribution in [-0.2, 0) is 4.79 Å². The van der Waals surface area contributed by atoms with Gasteiger partial charge in [0.1, 0.15) is 5.15 Å². The number of hydrogen-bond donors (Lipinski definition) is 1. The van der Waals surface area contributed by atoms with E-state index < -0.39 is 5.91 Å². The molecule has 0 aliphatic carbocycles. The molecule has 0 radical (unpaired) electrons. The van der Waals surface area contributed by atoms with E-state index in [0.717, 1.165) is 10.2 Å². The summed E-state index contributed by atoms with van der Waals surface area (Å²) in [5.74, 6) is 0.555. The number of nitrogens with one attached hydrogen (secondary N) is 1. The van der Waals surface area contributed by atoms with E-state index in [-0.39, 0.29) is 6.61 Å². The van der Waals surface area contributed by atoms with Gasteiger partial charge in [-0.1, -0.05) is 45.7 Å². The Kier molecular flexibility index (Phi) is 6.90. The number of hydrazone groups is 1. The molecule has 7 nitrogen and oxygen atoms in total. The van der Waals surface area contributed by atoms with E-state index in [4.69, 9.17) is 21.1 Å². The Labute approximate surface area is 181 Å². The summed E-state index contributed by atoms with van der Waals surface area (Å²) in [6, 6.07) is 14.8. The molecule has 0 saturated carbocycles. The van der Waals surface area contributed by atoms with Crippen LogP contribution in [0.4, 0.5) is 0 Å². The first-order valence-electron chi connectivity index (χ1n) is 8.58. The van der Waals surface area contributed by atoms with Crippen molar-refractivity contribution in [2.24, 2.45) is 5.10 Å². The molecule has 3 rings (SSSR count). The van der Waals surface area contributed by atoms with Gasteiger partial charge in [0, 0.05) is 4.47 Å². The highest BCUT2D eigenvalue weighted by atomic mass is 79.9. The van der Waals surface area contributed by atoms with Crippen molar-refractivity contribution in [2.45, 2.75) is 6.92 Å². The molecule has 150 valence electrons. The molecular weight excluding hydrogens is 460 g/mol. The first-order chi connectivity index (χ1) is 14.0. The molecule has 0 aliphatic heterocycles. The predicted molar refractivity (Wildman–Crippen MR) is 115 cm³/mol. The van der Waals surface area contributed by atoms with Gasteiger partial charge in [-0.25, -0.2) is 10.1 Å². The van der Waals surface area contributed by atoms with Gasteiger partial charge in [-0.3, -0.25) is 4.79 Å². The minimum atomic E-state index is -0.421. The Morgan fingerprint density at radius 3 is 2.76 bits per heavy atom. The number of aryl methyl sites for hydroxylation is 1. The number of rotatable bonds is 7. The Hall–Kier alpha value is -2.84. The smallest absolute Gasteiger partial charge is 0.277 e. The molecule has 1 aromatic heterocycles. The van der Waals surface area contributed by atoms with Gasteiger partial charge in [-0.15, -0.1) is 0 Å². The largest absolute Gasteiger partial charge is 0.493 e. The van der Waals surface area contributed by atoms with Crippen molar-refractivity contribution in [1.82, 2.24) is 15.2 Å². The quantitative estimate of drug-likeness (QED) is 0.410. The lowest BCUT2D eigenvalue weighted by Gasteiger charge is -2.10. The predicted octanol–water partition coefficient (Wildman–Crippen LogP) is 4.13. The van der Waals surface area contributed by atoms with E-state index in [1.54, 1.807) is 22.9 Å². The van der Waals surface area contributed by atoms with Gasteiger partial charge in [-0.05, 0) is 37.3 Å². The van der Waals surface area contributed by atoms with Crippen molar-refractivity contribution in [3.8, 4) is 17.2 Å². The second-order valence-corrected chi connectivity index (χ2v) is 7.19. The number of aromatic nitrogens is 2. The van der Waals surface area contributed by atoms with E-state index in [0.29, 0.717) is 27.9 Å². The Morgan fingerprint density at radius 2 is 2.03 bits per heavy atom. The van der Waals surface area contributed by atoms with Crippen LogP contribution in [0.2, 0.25) is 5.15 Å². The van der Waals surface area contributed by atoms with Crippen molar-refractivity contribution >= 4 is 39.7 Å². The SMILES string of the molecule is COc1cc(Br)ccc1OCC(=O)NN=Cc1c(C)nn(-c2ccccc2)c1Cl. The van der Waals surface area contributed by atoms with Gasteiger partial charge >= 0.3 is 0 Å². The van der Waals surface area contributed by atoms with E-state index in [1.807, 2.05) is 37.3 Å². The summed E-state index contributed by atoms with van der Waals surface area (Å²) < 4.78 is 13.2. The molecule has 1 amide bonds. The molecule has 1 heterocycles. The maximum absolute atomic E-state index is 12.0. The Morgan fingerprint density at radius 1 is 1.28 bits per heavy atom. The summed E-state index contributed by atoms with van der Waals surface area (Å²) in [6.45, 7) is 1.60. The van der Waals surface area contributed by atoms with Crippen LogP contribution in [0.1, 0.15) is 11.3 Å². The van der Waals surface area contributed by atoms with Crippen LogP contribution in [0, 0.1) is 6.92 Å². The summed E-state index contributed by atoms with van der Waals surface area (Å²) in [6.07, 6.45) is 1.46. The molecule has 29 heavy (non-hydrogen) atoms. The van der Waals surface area contributed by atoms with Crippen molar-refractivity contribution in [3.05, 3.63) is 69.4 Å². The van der Waals surface area contributed by atoms with E-state index in [2.05, 4.69) is 31.6 Å². The summed E-state index contributed by atoms with van der Waals surface area (Å²) >= 11 is 9.77. The summed E-state index contributed by atoms with van der Waals surface area (Å²) in [4.78, 5) is 12.0. The zero-order valence-electron chi connectivity index (χ0n) is 15.7. The fraction of sp³-hybridized carbons (Fsp3) is 0.150. The lowest BCUT2D eigenvalue weighted by molar-refractivity contribution is -0.123. The van der Waals surface area contributed by atoms with Crippen LogP contribution in [0.15, 0.2) is 58.1 Å². The minimum Gasteiger partial charge on any atom is -0.493 e. The molecule has 0 fully saturated rings. The second-order valence-electron chi connectivity index (χ2n) is 5.91. The molecule has 0 bridgehead atoms. The molecule has 2 aromatic carbocycles. The Balaban J connectivity index is 1.62. The van der Waals surface area contributed by atoms with Gasteiger partial charge in [-0.2, -0.15) is 10.2 Å². The van der Waals surface area contributed by atoms with Gasteiger partial charge in [0.25, 0.3) is 5.91 Å². The first-order valence-corrected chi connectivity index (χ1v) is 9.75. The molecule has 9 heteroatoms. The topological polar surface area (TPSA) is 77.7 Å². The van der Waals surface area contributed by atoms with Crippen LogP contribution in [0.5, 0.6) is 11.5 Å². The number of para-hydroxylation sites is 1. The highest BCUT2D eigenvalue weighted by Gasteiger charge is 2.13. The normalized spacial score (nSPS) is 10.9. The number of nitrogens with zero attached hydrogens (tertiary/aromatic N) is 3. The van der Waals surface area contributed by atoms with E-state index in [1.165, 1.54) is 13.3 Å². The van der Waals surface area contributed by atoms with Crippen LogP contribution in [0.3, 0.4) is 0 Å². The molecule has 3 aromatic rings. The summed E-state index contributed by atoms with van der Waals surface area (Å²) in [5, 5.41) is 8.78. The molecule has 0 spiro atoms. The molecule has 0 unspecified atom stereocenters. The summed E-state index contributed by atoms with van der Waals surface area (Å²) in [5.41, 5.74) is 4.55. The number of ether oxygens (including phenoxy) is 2. The number of carbonyl (C=O) groups is 1. The standard InChI is InChI=1S/C20H18BrClN4O3/c1-13-16(20(22)26(25-13)15-6-4-3-5-7-15)11-23-24-19(27)12-29-17-9-8-14(21)10-18(17)28-2/h3-11H,12H2,1-2H3,(H,24,27). The van der Waals surface area contributed by atoms with Gasteiger partial charge in [0.2, 0.25) is 0 Å². The molecule has 1 N–H and O–H groups in total. The summed E-state index contributed by atoms with van der Waals surface area (Å²) in [7, 11) is 1.53. The third-order valence-electron chi connectivity index (χ3n) is 3.92. The highest BCUT2D eigenvalue weighted by molar-refractivity contribution is 9.10. The lowest BCUT2D eigenvalue weighted by Crippen LogP contribution is -2.24. The molecule has 0 atom stereocenters. The first kappa shape index (κ1) is 20.9. The van der Waals surface area contributed by atoms with Crippen LogP contribution >= 0.6 is 27.5 Å². The third-order valence-corrected chi connectivity index (χ3v) is 4.77. The average Bonchev–Trinajstić information content (AvgIpc) is 3.01. The maximum atomic E-state index is 12.0. The van der Waals surface area contributed by atoms with Gasteiger partial charge in [0.05, 0.1) is 30.3 Å². The van der Waals surface area contributed by atoms with Gasteiger partial charge in [0.15, 0.2) is 18.1 Å². The van der Waals surface area contributed by atoms with Crippen molar-refractivity contribution in [1.29, 1.82) is 0 Å². The van der Waals surface area contributed by atoms with Crippen LogP contribution in [-0.4, -0.2) is 35.6 Å². The van der Waals surface area contributed by atoms with Crippen molar-refractivity contribution < 1.29 is 14.3 Å². The maximum Gasteiger partial charge on any atom is 0.277 e. The Bertz CT molecular complexity index is 1040. The van der Waals surface area contributed by atoms with E-state index >= 15 is 0 Å². The molecular formula is C20H18BrClN4O3. The number of halogens is 2. The number of benzene rings is 2. The molecule has 0 aliphatic rings. The van der Waals surface area contributed by atoms with Crippen molar-refractivity contribution in [3.63, 3.8) is 0 Å². The fourth-order valence-corrected chi connectivity index (χ4v) is 3.16. The van der Waals surface area contributed by atoms with E-state index in [9.17, 15) is 4.79 Å². The molecule has 0 saturated heterocycles. The number of amides is 1. The van der Waals surface area contributed by atoms with Crippen LogP contribution < -0.4 is 14.9 Å². The number of carbonyl (C=O) groups excluding carboxylic acids is 1. The fourth-order valence-electron chi connectivity index (χ4n) is 2.50. The number of hydrogen-bond acceptors (Lipinski definition) is 5. The zero-order valence-corrected chi connectivity index (χ0v) is 18.1. The number of methoxy groups -OCH3 is 1. The minimum absolute atomic E-state index is 0.217. The van der Waals surface area contributed by atoms with Gasteiger partial charge < -0.3 is 9.47 Å². The monoisotopic (exact) mass is 476 g/mol. The van der Waals surface area contributed by atoms with Crippen LogP contribution in [0.25, 0.3) is 5.69 Å². The third kappa shape index (κ3) is 5.16. The highest BCUT2D eigenvalue weighted by Crippen LogP contribution is 2.30.